The second-order valence-corrected chi connectivity index (χ2v) is 7.27. The van der Waals surface area contributed by atoms with Gasteiger partial charge in [0, 0.05) is 25.6 Å². The first-order valence-electron chi connectivity index (χ1n) is 9.41. The van der Waals surface area contributed by atoms with Crippen LogP contribution >= 0.6 is 0 Å². The third kappa shape index (κ3) is 3.08. The van der Waals surface area contributed by atoms with Crippen molar-refractivity contribution in [2.24, 2.45) is 5.92 Å². The summed E-state index contributed by atoms with van der Waals surface area (Å²) in [5.41, 5.74) is 3.26. The largest absolute Gasteiger partial charge is 0.465 e. The van der Waals surface area contributed by atoms with Gasteiger partial charge in [0.2, 0.25) is 6.79 Å². The van der Waals surface area contributed by atoms with Crippen LogP contribution in [0.2, 0.25) is 0 Å². The molecular weight excluding hydrogens is 360 g/mol. The molecule has 0 aromatic heterocycles. The number of methoxy groups -OCH3 is 1. The number of hydrogen-bond donors (Lipinski definition) is 0. The van der Waals surface area contributed by atoms with E-state index < -0.39 is 5.97 Å². The Hall–Kier alpha value is -3.03. The van der Waals surface area contributed by atoms with E-state index in [1.807, 2.05) is 18.2 Å². The lowest BCUT2D eigenvalue weighted by Crippen LogP contribution is -2.44. The van der Waals surface area contributed by atoms with Crippen LogP contribution in [-0.2, 0) is 16.0 Å². The average molecular weight is 381 g/mol. The van der Waals surface area contributed by atoms with E-state index in [1.54, 1.807) is 0 Å². The number of nitriles is 2. The molecule has 1 fully saturated rings. The summed E-state index contributed by atoms with van der Waals surface area (Å²) < 4.78 is 15.9. The van der Waals surface area contributed by atoms with E-state index in [0.29, 0.717) is 19.3 Å². The quantitative estimate of drug-likeness (QED) is 0.451. The predicted molar refractivity (Wildman–Crippen MR) is 98.2 cm³/mol. The molecule has 4 rings (SSSR count). The number of carbonyl (C=O) groups is 1. The number of piperidine rings is 1. The predicted octanol–water partition coefficient (Wildman–Crippen LogP) is 2.63. The van der Waals surface area contributed by atoms with Gasteiger partial charge in [-0.3, -0.25) is 4.90 Å². The number of hydrogen-bond acceptors (Lipinski definition) is 7. The van der Waals surface area contributed by atoms with Crippen LogP contribution in [0.3, 0.4) is 0 Å². The highest BCUT2D eigenvalue weighted by atomic mass is 16.7. The molecule has 0 aliphatic carbocycles. The van der Waals surface area contributed by atoms with Crippen LogP contribution in [0.5, 0.6) is 11.5 Å². The van der Waals surface area contributed by atoms with Crippen LogP contribution < -0.4 is 9.47 Å². The first-order chi connectivity index (χ1) is 13.7. The lowest BCUT2D eigenvalue weighted by atomic mass is 9.78. The van der Waals surface area contributed by atoms with E-state index in [1.165, 1.54) is 12.7 Å². The zero-order chi connectivity index (χ0) is 19.7. The maximum absolute atomic E-state index is 12.2. The molecule has 144 valence electrons. The van der Waals surface area contributed by atoms with Gasteiger partial charge in [0.25, 0.3) is 0 Å². The fourth-order valence-electron chi connectivity index (χ4n) is 4.53. The molecule has 0 radical (unpaired) electrons. The highest BCUT2D eigenvalue weighted by molar-refractivity contribution is 5.93. The normalized spacial score (nSPS) is 24.4. The summed E-state index contributed by atoms with van der Waals surface area (Å²) in [6.45, 7) is 1.85. The van der Waals surface area contributed by atoms with E-state index in [4.69, 9.17) is 19.5 Å². The Morgan fingerprint density at radius 3 is 2.89 bits per heavy atom. The minimum atomic E-state index is -0.602. The molecular formula is C21H21N3O4. The van der Waals surface area contributed by atoms with Gasteiger partial charge in [0.05, 0.1) is 13.2 Å². The van der Waals surface area contributed by atoms with Gasteiger partial charge in [-0.25, -0.2) is 4.79 Å². The Morgan fingerprint density at radius 1 is 1.39 bits per heavy atom. The van der Waals surface area contributed by atoms with Gasteiger partial charge in [-0.1, -0.05) is 0 Å². The molecule has 1 aromatic carbocycles. The van der Waals surface area contributed by atoms with Gasteiger partial charge in [0.1, 0.15) is 11.6 Å². The number of nitrogens with zero attached hydrogens (tertiary/aromatic N) is 3. The van der Waals surface area contributed by atoms with E-state index >= 15 is 0 Å². The second kappa shape index (κ2) is 7.53. The second-order valence-electron chi connectivity index (χ2n) is 7.27. The highest BCUT2D eigenvalue weighted by Gasteiger charge is 2.39. The zero-order valence-corrected chi connectivity index (χ0v) is 15.7. The summed E-state index contributed by atoms with van der Waals surface area (Å²) in [5.74, 6) is 0.916. The van der Waals surface area contributed by atoms with Crippen LogP contribution in [0.15, 0.2) is 23.3 Å². The van der Waals surface area contributed by atoms with Crippen molar-refractivity contribution in [2.75, 3.05) is 27.0 Å². The maximum atomic E-state index is 12.2. The molecule has 0 spiro atoms. The van der Waals surface area contributed by atoms with Crippen molar-refractivity contribution in [3.8, 4) is 23.6 Å². The van der Waals surface area contributed by atoms with Crippen LogP contribution in [0, 0.1) is 28.6 Å². The van der Waals surface area contributed by atoms with Crippen LogP contribution in [0.4, 0.5) is 0 Å². The number of esters is 1. The first-order valence-corrected chi connectivity index (χ1v) is 9.41. The van der Waals surface area contributed by atoms with E-state index in [-0.39, 0.29) is 24.3 Å². The Kier molecular flexibility index (Phi) is 4.93. The number of carbonyl (C=O) groups excluding carboxylic acids is 1. The van der Waals surface area contributed by atoms with E-state index in [9.17, 15) is 10.1 Å². The first kappa shape index (κ1) is 18.3. The molecule has 1 aromatic rings. The molecule has 7 heteroatoms. The van der Waals surface area contributed by atoms with Crippen molar-refractivity contribution in [1.82, 2.24) is 4.90 Å². The minimum absolute atomic E-state index is 0.000195. The smallest absolute Gasteiger partial charge is 0.348 e. The fraction of sp³-hybridized carbons (Fsp3) is 0.476. The topological polar surface area (TPSA) is 95.6 Å². The summed E-state index contributed by atoms with van der Waals surface area (Å²) in [7, 11) is 1.29. The van der Waals surface area contributed by atoms with Gasteiger partial charge in [-0.15, -0.1) is 0 Å². The lowest BCUT2D eigenvalue weighted by Gasteiger charge is -2.45. The molecule has 3 aliphatic rings. The van der Waals surface area contributed by atoms with Crippen molar-refractivity contribution in [3.63, 3.8) is 0 Å². The maximum Gasteiger partial charge on any atom is 0.348 e. The van der Waals surface area contributed by atoms with Gasteiger partial charge in [-0.05, 0) is 54.0 Å². The molecule has 3 heterocycles. The minimum Gasteiger partial charge on any atom is -0.465 e. The molecule has 1 saturated heterocycles. The number of fused-ring (bicyclic) bond motifs is 4. The van der Waals surface area contributed by atoms with Crippen molar-refractivity contribution in [1.29, 1.82) is 10.5 Å². The van der Waals surface area contributed by atoms with E-state index in [0.717, 1.165) is 42.1 Å². The molecule has 28 heavy (non-hydrogen) atoms. The molecule has 2 atom stereocenters. The fourth-order valence-corrected chi connectivity index (χ4v) is 4.53. The molecule has 0 N–H and O–H groups in total. The molecule has 0 saturated carbocycles. The van der Waals surface area contributed by atoms with Gasteiger partial charge in [-0.2, -0.15) is 10.5 Å². The van der Waals surface area contributed by atoms with Crippen molar-refractivity contribution < 1.29 is 19.0 Å². The summed E-state index contributed by atoms with van der Waals surface area (Å²) in [6, 6.07) is 8.38. The van der Waals surface area contributed by atoms with E-state index in [2.05, 4.69) is 11.0 Å². The van der Waals surface area contributed by atoms with Crippen molar-refractivity contribution >= 4 is 5.97 Å². The molecule has 3 aliphatic heterocycles. The lowest BCUT2D eigenvalue weighted by molar-refractivity contribution is -0.135. The Balaban J connectivity index is 1.74. The number of benzene rings is 1. The Bertz CT molecular complexity index is 925. The average Bonchev–Trinajstić information content (AvgIpc) is 3.18. The van der Waals surface area contributed by atoms with Gasteiger partial charge < -0.3 is 14.2 Å². The Labute approximate surface area is 163 Å². The standard InChI is InChI=1S/C21H21N3O4/c1-26-21(25)17(10-23)15-8-18-16-9-20-19(27-12-28-20)7-13(16)4-6-24(18)11-14(15)3-2-5-22/h7,9,14,18H,2-4,6,8,11-12H2,1H3/b17-15+/t14-,18+/m1/s1/i10+2. The molecule has 0 bridgehead atoms. The molecule has 7 nitrogen and oxygen atoms in total. The van der Waals surface area contributed by atoms with Gasteiger partial charge >= 0.3 is 5.97 Å². The number of rotatable bonds is 3. The Morgan fingerprint density at radius 2 is 2.18 bits per heavy atom. The third-order valence-corrected chi connectivity index (χ3v) is 5.89. The number of ether oxygens (including phenoxy) is 3. The van der Waals surface area contributed by atoms with Crippen LogP contribution in [-0.4, -0.2) is 37.9 Å². The summed E-state index contributed by atoms with van der Waals surface area (Å²) in [5, 5.41) is 18.6. The van der Waals surface area contributed by atoms with Crippen LogP contribution in [0.25, 0.3) is 0 Å². The third-order valence-electron chi connectivity index (χ3n) is 5.89. The monoisotopic (exact) mass is 381 g/mol. The van der Waals surface area contributed by atoms with Crippen molar-refractivity contribution in [3.05, 3.63) is 34.4 Å². The summed E-state index contributed by atoms with van der Waals surface area (Å²) in [4.78, 5) is 14.6. The molecule has 0 unspecified atom stereocenters. The SMILES string of the molecule is COC(=O)/C([14C]#N)=C1\C[C@H]2c3cc4c(cc3CCN2C[C@H]1CCC#N)OCO4. The summed E-state index contributed by atoms with van der Waals surface area (Å²) >= 11 is 0. The van der Waals surface area contributed by atoms with Gasteiger partial charge in [0.15, 0.2) is 11.5 Å². The molecule has 0 amide bonds. The zero-order valence-electron chi connectivity index (χ0n) is 15.7. The van der Waals surface area contributed by atoms with Crippen molar-refractivity contribution in [2.45, 2.75) is 31.7 Å². The van der Waals surface area contributed by atoms with Crippen LogP contribution in [0.1, 0.15) is 36.4 Å². The summed E-state index contributed by atoms with van der Waals surface area (Å²) in [6.07, 6.45) is 2.50. The highest BCUT2D eigenvalue weighted by Crippen LogP contribution is 2.46.